The summed E-state index contributed by atoms with van der Waals surface area (Å²) in [4.78, 5) is 24.6. The summed E-state index contributed by atoms with van der Waals surface area (Å²) >= 11 is 0. The van der Waals surface area contributed by atoms with Gasteiger partial charge in [0.15, 0.2) is 0 Å². The van der Waals surface area contributed by atoms with Crippen molar-refractivity contribution in [3.8, 4) is 6.07 Å². The van der Waals surface area contributed by atoms with Crippen LogP contribution >= 0.6 is 0 Å². The maximum atomic E-state index is 12.9. The summed E-state index contributed by atoms with van der Waals surface area (Å²) in [5.41, 5.74) is 0.306. The number of hydrogen-bond donors (Lipinski definition) is 2. The molecular weight excluding hydrogens is 297 g/mol. The molecule has 2 N–H and O–H groups in total. The third-order valence-corrected chi connectivity index (χ3v) is 4.14. The lowest BCUT2D eigenvalue weighted by atomic mass is 9.83. The van der Waals surface area contributed by atoms with Gasteiger partial charge in [0.05, 0.1) is 6.07 Å². The number of nitrogens with one attached hydrogen (secondary N) is 2. The number of carbonyl (C=O) groups is 2. The van der Waals surface area contributed by atoms with Gasteiger partial charge in [0.25, 0.3) is 5.91 Å². The van der Waals surface area contributed by atoms with Crippen LogP contribution in [0.15, 0.2) is 24.3 Å². The highest BCUT2D eigenvalue weighted by Gasteiger charge is 2.31. The lowest BCUT2D eigenvalue weighted by Gasteiger charge is -2.29. The van der Waals surface area contributed by atoms with Crippen molar-refractivity contribution in [3.05, 3.63) is 35.6 Å². The zero-order chi connectivity index (χ0) is 16.7. The molecule has 0 bridgehead atoms. The summed E-state index contributed by atoms with van der Waals surface area (Å²) in [5, 5.41) is 13.9. The lowest BCUT2D eigenvalue weighted by molar-refractivity contribution is -0.124. The Morgan fingerprint density at radius 2 is 1.87 bits per heavy atom. The smallest absolute Gasteiger partial charge is 0.251 e. The molecule has 1 atom stereocenters. The number of hydrogen-bond acceptors (Lipinski definition) is 3. The molecular formula is C17H20FN3O2. The van der Waals surface area contributed by atoms with E-state index in [9.17, 15) is 14.0 Å². The zero-order valence-electron chi connectivity index (χ0n) is 12.8. The highest BCUT2D eigenvalue weighted by Crippen LogP contribution is 2.26. The topological polar surface area (TPSA) is 82.0 Å². The average Bonchev–Trinajstić information content (AvgIpc) is 2.58. The molecule has 23 heavy (non-hydrogen) atoms. The Morgan fingerprint density at radius 1 is 1.22 bits per heavy atom. The van der Waals surface area contributed by atoms with Gasteiger partial charge in [-0.15, -0.1) is 0 Å². The normalized spacial score (nSPS) is 16.2. The van der Waals surface area contributed by atoms with Gasteiger partial charge in [0.2, 0.25) is 5.91 Å². The minimum atomic E-state index is -0.666. The third-order valence-electron chi connectivity index (χ3n) is 4.14. The number of nitriles is 1. The molecule has 1 aromatic rings. The highest BCUT2D eigenvalue weighted by molar-refractivity contribution is 5.97. The first kappa shape index (κ1) is 16.9. The van der Waals surface area contributed by atoms with Gasteiger partial charge < -0.3 is 10.6 Å². The van der Waals surface area contributed by atoms with E-state index in [1.807, 2.05) is 6.07 Å². The summed E-state index contributed by atoms with van der Waals surface area (Å²) < 4.78 is 12.9. The predicted octanol–water partition coefficient (Wildman–Crippen LogP) is 2.14. The van der Waals surface area contributed by atoms with Crippen LogP contribution in [0.2, 0.25) is 0 Å². The molecule has 0 aliphatic heterocycles. The molecule has 0 aromatic heterocycles. The molecule has 0 radical (unpaired) electrons. The maximum Gasteiger partial charge on any atom is 0.251 e. The van der Waals surface area contributed by atoms with Crippen molar-refractivity contribution in [2.45, 2.75) is 38.1 Å². The predicted molar refractivity (Wildman–Crippen MR) is 82.9 cm³/mol. The van der Waals surface area contributed by atoms with E-state index in [1.54, 1.807) is 0 Å². The van der Waals surface area contributed by atoms with Crippen molar-refractivity contribution in [2.24, 2.45) is 5.92 Å². The van der Waals surface area contributed by atoms with Crippen LogP contribution in [0.1, 0.15) is 42.5 Å². The first-order valence-electron chi connectivity index (χ1n) is 7.83. The van der Waals surface area contributed by atoms with E-state index in [-0.39, 0.29) is 18.4 Å². The van der Waals surface area contributed by atoms with Gasteiger partial charge in [-0.1, -0.05) is 19.3 Å². The fraction of sp³-hybridized carbons (Fsp3) is 0.471. The molecule has 5 nitrogen and oxygen atoms in total. The number of benzene rings is 1. The van der Waals surface area contributed by atoms with Crippen LogP contribution in [0.3, 0.4) is 0 Å². The van der Waals surface area contributed by atoms with E-state index in [0.717, 1.165) is 32.1 Å². The van der Waals surface area contributed by atoms with Gasteiger partial charge in [-0.2, -0.15) is 5.26 Å². The number of amides is 2. The second-order valence-electron chi connectivity index (χ2n) is 5.73. The van der Waals surface area contributed by atoms with Gasteiger partial charge in [-0.05, 0) is 43.0 Å². The van der Waals surface area contributed by atoms with Gasteiger partial charge in [-0.3, -0.25) is 9.59 Å². The minimum absolute atomic E-state index is 0.0619. The molecule has 2 amide bonds. The van der Waals surface area contributed by atoms with Crippen LogP contribution in [0.4, 0.5) is 4.39 Å². The number of nitrogens with zero attached hydrogens (tertiary/aromatic N) is 1. The van der Waals surface area contributed by atoms with E-state index in [0.29, 0.717) is 5.56 Å². The van der Waals surface area contributed by atoms with E-state index >= 15 is 0 Å². The minimum Gasteiger partial charge on any atom is -0.341 e. The molecule has 0 unspecified atom stereocenters. The van der Waals surface area contributed by atoms with Crippen molar-refractivity contribution in [3.63, 3.8) is 0 Å². The Morgan fingerprint density at radius 3 is 2.48 bits per heavy atom. The Labute approximate surface area is 134 Å². The molecule has 1 saturated carbocycles. The standard InChI is InChI=1S/C17H20FN3O2/c18-14-8-6-13(7-9-14)16(22)21-15(17(23)20-11-10-19)12-4-2-1-3-5-12/h6-9,12,15H,1-5,11H2,(H,20,23)(H,21,22)/t15-/m0/s1. The Balaban J connectivity index is 2.09. The average molecular weight is 317 g/mol. The van der Waals surface area contributed by atoms with Crippen molar-refractivity contribution in [1.82, 2.24) is 10.6 Å². The molecule has 0 heterocycles. The molecule has 1 aliphatic carbocycles. The molecule has 0 saturated heterocycles. The first-order chi connectivity index (χ1) is 11.1. The van der Waals surface area contributed by atoms with Crippen molar-refractivity contribution >= 4 is 11.8 Å². The Kier molecular flexibility index (Phi) is 6.10. The summed E-state index contributed by atoms with van der Waals surface area (Å²) in [6.45, 7) is -0.0888. The fourth-order valence-electron chi connectivity index (χ4n) is 2.93. The van der Waals surface area contributed by atoms with Crippen molar-refractivity contribution in [1.29, 1.82) is 5.26 Å². The van der Waals surface area contributed by atoms with Crippen LogP contribution in [0.5, 0.6) is 0 Å². The quantitative estimate of drug-likeness (QED) is 0.816. The van der Waals surface area contributed by atoms with Crippen LogP contribution < -0.4 is 10.6 Å². The zero-order valence-corrected chi connectivity index (χ0v) is 12.8. The van der Waals surface area contributed by atoms with Crippen LogP contribution in [-0.4, -0.2) is 24.4 Å². The summed E-state index contributed by atoms with van der Waals surface area (Å²) in [6.07, 6.45) is 4.93. The molecule has 1 fully saturated rings. The summed E-state index contributed by atoms with van der Waals surface area (Å²) in [5.74, 6) is -1.11. The van der Waals surface area contributed by atoms with Crippen LogP contribution in [0, 0.1) is 23.1 Å². The summed E-state index contributed by atoms with van der Waals surface area (Å²) in [7, 11) is 0. The van der Waals surface area contributed by atoms with E-state index in [4.69, 9.17) is 5.26 Å². The summed E-state index contributed by atoms with van der Waals surface area (Å²) in [6, 6.07) is 6.38. The number of rotatable bonds is 5. The van der Waals surface area contributed by atoms with Gasteiger partial charge in [0, 0.05) is 5.56 Å². The van der Waals surface area contributed by atoms with Crippen LogP contribution in [-0.2, 0) is 4.79 Å². The molecule has 2 rings (SSSR count). The second-order valence-corrected chi connectivity index (χ2v) is 5.73. The molecule has 122 valence electrons. The van der Waals surface area contributed by atoms with E-state index < -0.39 is 17.8 Å². The molecule has 6 heteroatoms. The number of halogens is 1. The fourth-order valence-corrected chi connectivity index (χ4v) is 2.93. The van der Waals surface area contributed by atoms with Crippen molar-refractivity contribution in [2.75, 3.05) is 6.54 Å². The largest absolute Gasteiger partial charge is 0.341 e. The van der Waals surface area contributed by atoms with Gasteiger partial charge in [-0.25, -0.2) is 4.39 Å². The monoisotopic (exact) mass is 317 g/mol. The molecule has 0 spiro atoms. The third kappa shape index (κ3) is 4.78. The molecule has 1 aliphatic rings. The number of carbonyl (C=O) groups excluding carboxylic acids is 2. The first-order valence-corrected chi connectivity index (χ1v) is 7.83. The highest BCUT2D eigenvalue weighted by atomic mass is 19.1. The maximum absolute atomic E-state index is 12.9. The molecule has 1 aromatic carbocycles. The van der Waals surface area contributed by atoms with Crippen molar-refractivity contribution < 1.29 is 14.0 Å². The second kappa shape index (κ2) is 8.28. The van der Waals surface area contributed by atoms with Crippen LogP contribution in [0.25, 0.3) is 0 Å². The Hall–Kier alpha value is -2.42. The van der Waals surface area contributed by atoms with Gasteiger partial charge in [0.1, 0.15) is 18.4 Å². The van der Waals surface area contributed by atoms with E-state index in [2.05, 4.69) is 10.6 Å². The van der Waals surface area contributed by atoms with E-state index in [1.165, 1.54) is 24.3 Å². The Bertz CT molecular complexity index is 589. The SMILES string of the molecule is N#CCNC(=O)[C@@H](NC(=O)c1ccc(F)cc1)C1CCCCC1. The lowest BCUT2D eigenvalue weighted by Crippen LogP contribution is -2.51. The van der Waals surface area contributed by atoms with Gasteiger partial charge >= 0.3 is 0 Å².